The van der Waals surface area contributed by atoms with Gasteiger partial charge in [-0.15, -0.1) is 0 Å². The average Bonchev–Trinajstić information content (AvgIpc) is 2.66. The Morgan fingerprint density at radius 3 is 2.46 bits per heavy atom. The standard InChI is InChI=1S/C20H24N2O3S/c23-20(15-17-7-2-1-3-8-17)21-12-6-14-26(24,25)22-13-11-18-9-4-5-10-19(18)16-22/h1-5,7-10H,6,11-16H2,(H,21,23). The Balaban J connectivity index is 1.43. The molecule has 1 heterocycles. The maximum atomic E-state index is 12.5. The molecule has 0 aliphatic carbocycles. The minimum atomic E-state index is -3.30. The number of carbonyl (C=O) groups is 1. The highest BCUT2D eigenvalue weighted by molar-refractivity contribution is 7.89. The smallest absolute Gasteiger partial charge is 0.224 e. The van der Waals surface area contributed by atoms with Crippen LogP contribution in [0.15, 0.2) is 54.6 Å². The predicted octanol–water partition coefficient (Wildman–Crippen LogP) is 2.12. The number of nitrogens with zero attached hydrogens (tertiary/aromatic N) is 1. The number of nitrogens with one attached hydrogen (secondary N) is 1. The molecular weight excluding hydrogens is 348 g/mol. The van der Waals surface area contributed by atoms with Gasteiger partial charge in [-0.25, -0.2) is 8.42 Å². The van der Waals surface area contributed by atoms with E-state index >= 15 is 0 Å². The second-order valence-electron chi connectivity index (χ2n) is 6.53. The highest BCUT2D eigenvalue weighted by Crippen LogP contribution is 2.21. The zero-order valence-corrected chi connectivity index (χ0v) is 15.5. The van der Waals surface area contributed by atoms with Crippen LogP contribution in [-0.4, -0.2) is 37.5 Å². The summed E-state index contributed by atoms with van der Waals surface area (Å²) >= 11 is 0. The number of rotatable bonds is 7. The summed E-state index contributed by atoms with van der Waals surface area (Å²) in [6, 6.07) is 17.5. The number of amides is 1. The van der Waals surface area contributed by atoms with E-state index in [1.54, 1.807) is 4.31 Å². The summed E-state index contributed by atoms with van der Waals surface area (Å²) in [5.74, 6) is -0.0265. The van der Waals surface area contributed by atoms with Gasteiger partial charge in [0.15, 0.2) is 0 Å². The van der Waals surface area contributed by atoms with E-state index in [1.165, 1.54) is 5.56 Å². The predicted molar refractivity (Wildman–Crippen MR) is 102 cm³/mol. The van der Waals surface area contributed by atoms with Gasteiger partial charge in [0, 0.05) is 19.6 Å². The number of hydrogen-bond acceptors (Lipinski definition) is 3. The molecule has 0 bridgehead atoms. The molecule has 5 nitrogen and oxygen atoms in total. The number of fused-ring (bicyclic) bond motifs is 1. The molecule has 2 aromatic rings. The molecule has 1 N–H and O–H groups in total. The fraction of sp³-hybridized carbons (Fsp3) is 0.350. The van der Waals surface area contributed by atoms with Gasteiger partial charge < -0.3 is 5.32 Å². The molecule has 1 aliphatic rings. The highest BCUT2D eigenvalue weighted by atomic mass is 32.2. The van der Waals surface area contributed by atoms with E-state index in [4.69, 9.17) is 0 Å². The first kappa shape index (κ1) is 18.6. The van der Waals surface area contributed by atoms with Crippen molar-refractivity contribution in [2.24, 2.45) is 0 Å². The third-order valence-electron chi connectivity index (χ3n) is 4.60. The third-order valence-corrected chi connectivity index (χ3v) is 6.50. The van der Waals surface area contributed by atoms with Gasteiger partial charge >= 0.3 is 0 Å². The summed E-state index contributed by atoms with van der Waals surface area (Å²) in [5, 5.41) is 2.80. The first-order valence-electron chi connectivity index (χ1n) is 8.90. The number of benzene rings is 2. The fourth-order valence-electron chi connectivity index (χ4n) is 3.16. The Labute approximate surface area is 155 Å². The molecule has 3 rings (SSSR count). The van der Waals surface area contributed by atoms with Crippen LogP contribution in [0.3, 0.4) is 0 Å². The molecule has 0 aromatic heterocycles. The summed E-state index contributed by atoms with van der Waals surface area (Å²) in [7, 11) is -3.30. The van der Waals surface area contributed by atoms with Crippen LogP contribution in [0.25, 0.3) is 0 Å². The molecule has 138 valence electrons. The molecular formula is C20H24N2O3S. The molecule has 0 spiro atoms. The third kappa shape index (κ3) is 4.93. The van der Waals surface area contributed by atoms with Crippen LogP contribution in [0.2, 0.25) is 0 Å². The van der Waals surface area contributed by atoms with E-state index in [-0.39, 0.29) is 11.7 Å². The Hall–Kier alpha value is -2.18. The van der Waals surface area contributed by atoms with Crippen LogP contribution < -0.4 is 5.32 Å². The second kappa shape index (κ2) is 8.47. The van der Waals surface area contributed by atoms with Gasteiger partial charge in [0.2, 0.25) is 15.9 Å². The molecule has 6 heteroatoms. The molecule has 2 aromatic carbocycles. The first-order valence-corrected chi connectivity index (χ1v) is 10.5. The second-order valence-corrected chi connectivity index (χ2v) is 8.62. The molecule has 0 atom stereocenters. The fourth-order valence-corrected chi connectivity index (χ4v) is 4.64. The van der Waals surface area contributed by atoms with Crippen molar-refractivity contribution in [2.75, 3.05) is 18.8 Å². The van der Waals surface area contributed by atoms with Gasteiger partial charge in [-0.2, -0.15) is 4.31 Å². The highest BCUT2D eigenvalue weighted by Gasteiger charge is 2.25. The zero-order chi connectivity index (χ0) is 18.4. The lowest BCUT2D eigenvalue weighted by Gasteiger charge is -2.28. The molecule has 0 saturated heterocycles. The lowest BCUT2D eigenvalue weighted by molar-refractivity contribution is -0.120. The molecule has 0 fully saturated rings. The average molecular weight is 372 g/mol. The van der Waals surface area contributed by atoms with Crippen molar-refractivity contribution >= 4 is 15.9 Å². The Kier molecular flexibility index (Phi) is 6.06. The number of hydrogen-bond donors (Lipinski definition) is 1. The van der Waals surface area contributed by atoms with Crippen LogP contribution in [-0.2, 0) is 34.2 Å². The molecule has 1 amide bonds. The van der Waals surface area contributed by atoms with E-state index in [1.807, 2.05) is 48.5 Å². The van der Waals surface area contributed by atoms with Gasteiger partial charge in [0.05, 0.1) is 12.2 Å². The number of sulfonamides is 1. The summed E-state index contributed by atoms with van der Waals surface area (Å²) in [6.07, 6.45) is 1.49. The van der Waals surface area contributed by atoms with Gasteiger partial charge in [0.1, 0.15) is 0 Å². The quantitative estimate of drug-likeness (QED) is 0.757. The largest absolute Gasteiger partial charge is 0.356 e. The van der Waals surface area contributed by atoms with Gasteiger partial charge in [-0.1, -0.05) is 54.6 Å². The molecule has 0 saturated carbocycles. The zero-order valence-electron chi connectivity index (χ0n) is 14.7. The van der Waals surface area contributed by atoms with E-state index in [0.717, 1.165) is 17.5 Å². The monoisotopic (exact) mass is 372 g/mol. The molecule has 0 radical (unpaired) electrons. The van der Waals surface area contributed by atoms with Crippen LogP contribution in [0.1, 0.15) is 23.1 Å². The van der Waals surface area contributed by atoms with Crippen LogP contribution in [0.4, 0.5) is 0 Å². The lowest BCUT2D eigenvalue weighted by Crippen LogP contribution is -2.38. The van der Waals surface area contributed by atoms with Crippen LogP contribution in [0.5, 0.6) is 0 Å². The summed E-state index contributed by atoms with van der Waals surface area (Å²) in [5.41, 5.74) is 3.26. The van der Waals surface area contributed by atoms with Gasteiger partial charge in [-0.3, -0.25) is 4.79 Å². The maximum Gasteiger partial charge on any atom is 0.224 e. The molecule has 0 unspecified atom stereocenters. The Bertz CT molecular complexity index is 850. The Morgan fingerprint density at radius 1 is 1.00 bits per heavy atom. The summed E-state index contributed by atoms with van der Waals surface area (Å²) < 4.78 is 26.6. The topological polar surface area (TPSA) is 66.5 Å². The van der Waals surface area contributed by atoms with Crippen molar-refractivity contribution in [1.82, 2.24) is 9.62 Å². The van der Waals surface area contributed by atoms with E-state index in [2.05, 4.69) is 11.4 Å². The van der Waals surface area contributed by atoms with Crippen molar-refractivity contribution in [3.63, 3.8) is 0 Å². The summed E-state index contributed by atoms with van der Waals surface area (Å²) in [4.78, 5) is 11.9. The normalized spacial score (nSPS) is 14.6. The van der Waals surface area contributed by atoms with E-state index in [0.29, 0.717) is 32.5 Å². The van der Waals surface area contributed by atoms with E-state index < -0.39 is 10.0 Å². The molecule has 1 aliphatic heterocycles. The Morgan fingerprint density at radius 2 is 1.69 bits per heavy atom. The van der Waals surface area contributed by atoms with Crippen LogP contribution >= 0.6 is 0 Å². The first-order chi connectivity index (χ1) is 12.5. The summed E-state index contributed by atoms with van der Waals surface area (Å²) in [6.45, 7) is 1.34. The van der Waals surface area contributed by atoms with Crippen molar-refractivity contribution in [3.8, 4) is 0 Å². The number of carbonyl (C=O) groups excluding carboxylic acids is 1. The van der Waals surface area contributed by atoms with E-state index in [9.17, 15) is 13.2 Å². The van der Waals surface area contributed by atoms with Crippen molar-refractivity contribution < 1.29 is 13.2 Å². The van der Waals surface area contributed by atoms with Crippen molar-refractivity contribution in [3.05, 3.63) is 71.3 Å². The minimum absolute atomic E-state index is 0.0563. The molecule has 26 heavy (non-hydrogen) atoms. The van der Waals surface area contributed by atoms with Crippen LogP contribution in [0, 0.1) is 0 Å². The van der Waals surface area contributed by atoms with Crippen molar-refractivity contribution in [2.45, 2.75) is 25.8 Å². The van der Waals surface area contributed by atoms with Crippen molar-refractivity contribution in [1.29, 1.82) is 0 Å². The minimum Gasteiger partial charge on any atom is -0.356 e. The van der Waals surface area contributed by atoms with Gasteiger partial charge in [-0.05, 0) is 29.5 Å². The lowest BCUT2D eigenvalue weighted by atomic mass is 10.0. The van der Waals surface area contributed by atoms with Gasteiger partial charge in [0.25, 0.3) is 0 Å². The SMILES string of the molecule is O=C(Cc1ccccc1)NCCCS(=O)(=O)N1CCc2ccccc2C1. The maximum absolute atomic E-state index is 12.5.